The molecule has 3 aliphatic rings. The molecule has 5 rings (SSSR count). The summed E-state index contributed by atoms with van der Waals surface area (Å²) in [6.07, 6.45) is 4.57. The molecule has 2 fully saturated rings. The summed E-state index contributed by atoms with van der Waals surface area (Å²) in [5.74, 6) is -2.14. The molecule has 2 heterocycles. The standard InChI is InChI=1S/C28H28N2O5/c1-16-10-17(2)12-21(11-16)29-15-19(13-24(29)31)28(34)35-22-8-5-7-20(14-22)30-26(32)23-9-4-6-18(3)25(23)27(30)33/h4-8,10-12,14,18-19,23,25H,9,13,15H2,1-3H3/t18-,19-,23-,25+/m1/s1. The Hall–Kier alpha value is -3.74. The van der Waals surface area contributed by atoms with Gasteiger partial charge in [0, 0.05) is 24.7 Å². The van der Waals surface area contributed by atoms with Crippen molar-refractivity contribution in [3.05, 3.63) is 65.7 Å². The second-order valence-electron chi connectivity index (χ2n) is 9.84. The molecular weight excluding hydrogens is 444 g/mol. The van der Waals surface area contributed by atoms with E-state index < -0.39 is 11.9 Å². The van der Waals surface area contributed by atoms with Gasteiger partial charge in [-0.25, -0.2) is 4.90 Å². The molecule has 3 amide bonds. The summed E-state index contributed by atoms with van der Waals surface area (Å²) in [5, 5.41) is 0. The van der Waals surface area contributed by atoms with E-state index in [2.05, 4.69) is 0 Å². The Labute approximate surface area is 204 Å². The van der Waals surface area contributed by atoms with Gasteiger partial charge in [-0.05, 0) is 61.6 Å². The number of carbonyl (C=O) groups excluding carboxylic acids is 4. The van der Waals surface area contributed by atoms with Crippen LogP contribution in [0.3, 0.4) is 0 Å². The number of fused-ring (bicyclic) bond motifs is 1. The molecule has 1 aliphatic carbocycles. The topological polar surface area (TPSA) is 84.0 Å². The average molecular weight is 473 g/mol. The number of hydrogen-bond donors (Lipinski definition) is 0. The van der Waals surface area contributed by atoms with Crippen molar-refractivity contribution in [2.75, 3.05) is 16.3 Å². The van der Waals surface area contributed by atoms with Crippen molar-refractivity contribution in [3.63, 3.8) is 0 Å². The summed E-state index contributed by atoms with van der Waals surface area (Å²) in [7, 11) is 0. The van der Waals surface area contributed by atoms with Gasteiger partial charge in [0.25, 0.3) is 0 Å². The Kier molecular flexibility index (Phi) is 5.79. The van der Waals surface area contributed by atoms with Gasteiger partial charge in [-0.3, -0.25) is 19.2 Å². The highest BCUT2D eigenvalue weighted by Crippen LogP contribution is 2.41. The van der Waals surface area contributed by atoms with Crippen molar-refractivity contribution >= 4 is 35.1 Å². The van der Waals surface area contributed by atoms with Gasteiger partial charge in [0.2, 0.25) is 17.7 Å². The maximum atomic E-state index is 13.1. The SMILES string of the molecule is Cc1cc(C)cc(N2C[C@H](C(=O)Oc3cccc(N4C(=O)[C@H]5[C@H](C)C=CC[C@H]5C4=O)c3)CC2=O)c1. The van der Waals surface area contributed by atoms with Crippen LogP contribution in [-0.2, 0) is 19.2 Å². The smallest absolute Gasteiger partial charge is 0.316 e. The van der Waals surface area contributed by atoms with Crippen LogP contribution in [0.25, 0.3) is 0 Å². The minimum atomic E-state index is -0.600. The van der Waals surface area contributed by atoms with Crippen LogP contribution in [0.2, 0.25) is 0 Å². The van der Waals surface area contributed by atoms with E-state index in [1.165, 1.54) is 4.90 Å². The molecule has 0 bridgehead atoms. The number of anilines is 2. The number of amides is 3. The van der Waals surface area contributed by atoms with Gasteiger partial charge >= 0.3 is 5.97 Å². The Morgan fingerprint density at radius 3 is 2.43 bits per heavy atom. The Bertz CT molecular complexity index is 1250. The number of allylic oxidation sites excluding steroid dienone is 2. The lowest BCUT2D eigenvalue weighted by Gasteiger charge is -2.22. The van der Waals surface area contributed by atoms with Crippen LogP contribution in [0.15, 0.2) is 54.6 Å². The first kappa shape index (κ1) is 23.0. The van der Waals surface area contributed by atoms with Crippen molar-refractivity contribution < 1.29 is 23.9 Å². The summed E-state index contributed by atoms with van der Waals surface area (Å²) >= 11 is 0. The minimum Gasteiger partial charge on any atom is -0.426 e. The zero-order valence-electron chi connectivity index (χ0n) is 20.1. The van der Waals surface area contributed by atoms with Crippen molar-refractivity contribution in [1.82, 2.24) is 0 Å². The van der Waals surface area contributed by atoms with Gasteiger partial charge < -0.3 is 9.64 Å². The monoisotopic (exact) mass is 472 g/mol. The van der Waals surface area contributed by atoms with Gasteiger partial charge in [-0.2, -0.15) is 0 Å². The number of carbonyl (C=O) groups is 4. The van der Waals surface area contributed by atoms with Crippen molar-refractivity contribution in [3.8, 4) is 5.75 Å². The molecule has 7 nitrogen and oxygen atoms in total. The third-order valence-corrected chi connectivity index (χ3v) is 7.14. The molecule has 2 aromatic carbocycles. The lowest BCUT2D eigenvalue weighted by Crippen LogP contribution is -2.31. The van der Waals surface area contributed by atoms with E-state index in [1.807, 2.05) is 51.1 Å². The molecule has 0 aromatic heterocycles. The molecule has 2 saturated heterocycles. The molecule has 0 saturated carbocycles. The summed E-state index contributed by atoms with van der Waals surface area (Å²) in [5.41, 5.74) is 3.27. The van der Waals surface area contributed by atoms with Crippen LogP contribution in [0.5, 0.6) is 5.75 Å². The predicted octanol–water partition coefficient (Wildman–Crippen LogP) is 3.96. The third kappa shape index (κ3) is 4.16. The molecule has 0 N–H and O–H groups in total. The fourth-order valence-electron chi connectivity index (χ4n) is 5.51. The number of nitrogens with zero attached hydrogens (tertiary/aromatic N) is 2. The summed E-state index contributed by atoms with van der Waals surface area (Å²) < 4.78 is 5.61. The predicted molar refractivity (Wildman–Crippen MR) is 131 cm³/mol. The number of imide groups is 1. The summed E-state index contributed by atoms with van der Waals surface area (Å²) in [6, 6.07) is 12.4. The summed E-state index contributed by atoms with van der Waals surface area (Å²) in [6.45, 7) is 6.14. The molecule has 0 radical (unpaired) electrons. The maximum Gasteiger partial charge on any atom is 0.316 e. The first-order chi connectivity index (χ1) is 16.7. The number of aryl methyl sites for hydroxylation is 2. The molecule has 7 heteroatoms. The molecular formula is C28H28N2O5. The first-order valence-electron chi connectivity index (χ1n) is 12.0. The van der Waals surface area contributed by atoms with Crippen LogP contribution in [-0.4, -0.2) is 30.2 Å². The number of rotatable bonds is 4. The van der Waals surface area contributed by atoms with Gasteiger partial charge in [-0.15, -0.1) is 0 Å². The van der Waals surface area contributed by atoms with E-state index in [0.29, 0.717) is 12.1 Å². The van der Waals surface area contributed by atoms with Crippen molar-refractivity contribution in [1.29, 1.82) is 0 Å². The van der Waals surface area contributed by atoms with Crippen LogP contribution < -0.4 is 14.5 Å². The molecule has 4 atom stereocenters. The number of esters is 1. The van der Waals surface area contributed by atoms with Crippen molar-refractivity contribution in [2.45, 2.75) is 33.6 Å². The zero-order chi connectivity index (χ0) is 24.9. The first-order valence-corrected chi connectivity index (χ1v) is 12.0. The van der Waals surface area contributed by atoms with Gasteiger partial charge in [-0.1, -0.05) is 31.2 Å². The third-order valence-electron chi connectivity index (χ3n) is 7.14. The lowest BCUT2D eigenvalue weighted by molar-refractivity contribution is -0.139. The fourth-order valence-corrected chi connectivity index (χ4v) is 5.51. The largest absolute Gasteiger partial charge is 0.426 e. The quantitative estimate of drug-likeness (QED) is 0.291. The normalized spacial score (nSPS) is 25.9. The van der Waals surface area contributed by atoms with Crippen LogP contribution in [0, 0.1) is 37.5 Å². The van der Waals surface area contributed by atoms with E-state index >= 15 is 0 Å². The van der Waals surface area contributed by atoms with E-state index in [1.54, 1.807) is 29.2 Å². The molecule has 0 spiro atoms. The van der Waals surface area contributed by atoms with E-state index in [-0.39, 0.29) is 54.2 Å². The maximum absolute atomic E-state index is 13.1. The highest BCUT2D eigenvalue weighted by Gasteiger charge is 2.50. The van der Waals surface area contributed by atoms with E-state index in [0.717, 1.165) is 16.8 Å². The molecule has 35 heavy (non-hydrogen) atoms. The fraction of sp³-hybridized carbons (Fsp3) is 0.357. The number of ether oxygens (including phenoxy) is 1. The molecule has 0 unspecified atom stereocenters. The molecule has 2 aliphatic heterocycles. The van der Waals surface area contributed by atoms with Crippen LogP contribution >= 0.6 is 0 Å². The Morgan fingerprint density at radius 1 is 0.971 bits per heavy atom. The van der Waals surface area contributed by atoms with Gasteiger partial charge in [0.05, 0.1) is 23.4 Å². The zero-order valence-corrected chi connectivity index (χ0v) is 20.1. The molecule has 180 valence electrons. The lowest BCUT2D eigenvalue weighted by atomic mass is 9.78. The van der Waals surface area contributed by atoms with Gasteiger partial charge in [0.15, 0.2) is 0 Å². The Balaban J connectivity index is 1.30. The van der Waals surface area contributed by atoms with Crippen LogP contribution in [0.4, 0.5) is 11.4 Å². The van der Waals surface area contributed by atoms with Gasteiger partial charge in [0.1, 0.15) is 5.75 Å². The minimum absolute atomic E-state index is 0.00347. The van der Waals surface area contributed by atoms with Crippen LogP contribution in [0.1, 0.15) is 30.9 Å². The van der Waals surface area contributed by atoms with Crippen molar-refractivity contribution in [2.24, 2.45) is 23.7 Å². The average Bonchev–Trinajstić information content (AvgIpc) is 3.31. The summed E-state index contributed by atoms with van der Waals surface area (Å²) in [4.78, 5) is 54.5. The van der Waals surface area contributed by atoms with E-state index in [9.17, 15) is 19.2 Å². The highest BCUT2D eigenvalue weighted by atomic mass is 16.5. The number of benzene rings is 2. The number of hydrogen-bond acceptors (Lipinski definition) is 5. The Morgan fingerprint density at radius 2 is 1.71 bits per heavy atom. The highest BCUT2D eigenvalue weighted by molar-refractivity contribution is 6.22. The van der Waals surface area contributed by atoms with E-state index in [4.69, 9.17) is 4.74 Å². The second kappa shape index (κ2) is 8.80. The molecule has 2 aromatic rings. The second-order valence-corrected chi connectivity index (χ2v) is 9.84.